The van der Waals surface area contributed by atoms with Crippen LogP contribution in [0.5, 0.6) is 0 Å². The summed E-state index contributed by atoms with van der Waals surface area (Å²) in [5, 5.41) is 2.77. The SMILES string of the molecule is Cc1cn2cc(NC(=O)c3cnc(N4CC[C@@H](CN)C4)cn3)nc(C)c2n1. The van der Waals surface area contributed by atoms with Crippen molar-refractivity contribution in [2.75, 3.05) is 29.9 Å². The molecule has 1 aliphatic heterocycles. The van der Waals surface area contributed by atoms with E-state index < -0.39 is 0 Å². The number of nitrogens with zero attached hydrogens (tertiary/aromatic N) is 6. The molecule has 0 aliphatic carbocycles. The molecule has 1 atom stereocenters. The lowest BCUT2D eigenvalue weighted by Crippen LogP contribution is -2.24. The van der Waals surface area contributed by atoms with Crippen LogP contribution in [0.2, 0.25) is 0 Å². The molecule has 3 aromatic rings. The van der Waals surface area contributed by atoms with Gasteiger partial charge < -0.3 is 20.4 Å². The van der Waals surface area contributed by atoms with Crippen molar-refractivity contribution in [2.45, 2.75) is 20.3 Å². The van der Waals surface area contributed by atoms with E-state index in [4.69, 9.17) is 5.73 Å². The van der Waals surface area contributed by atoms with Crippen LogP contribution in [0, 0.1) is 19.8 Å². The van der Waals surface area contributed by atoms with Crippen molar-refractivity contribution in [2.24, 2.45) is 11.7 Å². The molecule has 4 rings (SSSR count). The Balaban J connectivity index is 1.48. The summed E-state index contributed by atoms with van der Waals surface area (Å²) in [6.07, 6.45) is 7.81. The number of amides is 1. The van der Waals surface area contributed by atoms with E-state index in [1.54, 1.807) is 12.4 Å². The maximum absolute atomic E-state index is 12.5. The molecule has 1 amide bonds. The van der Waals surface area contributed by atoms with Crippen LogP contribution in [-0.4, -0.2) is 49.9 Å². The van der Waals surface area contributed by atoms with Crippen molar-refractivity contribution in [3.05, 3.63) is 41.9 Å². The molecule has 27 heavy (non-hydrogen) atoms. The lowest BCUT2D eigenvalue weighted by atomic mass is 10.1. The van der Waals surface area contributed by atoms with E-state index in [0.717, 1.165) is 42.4 Å². The van der Waals surface area contributed by atoms with E-state index >= 15 is 0 Å². The van der Waals surface area contributed by atoms with Gasteiger partial charge in [-0.05, 0) is 32.7 Å². The van der Waals surface area contributed by atoms with Crippen molar-refractivity contribution in [3.8, 4) is 0 Å². The molecule has 3 N–H and O–H groups in total. The summed E-state index contributed by atoms with van der Waals surface area (Å²) in [6, 6.07) is 0. The minimum atomic E-state index is -0.349. The summed E-state index contributed by atoms with van der Waals surface area (Å²) in [6.45, 7) is 6.24. The third-order valence-electron chi connectivity index (χ3n) is 4.78. The van der Waals surface area contributed by atoms with Crippen LogP contribution in [0.25, 0.3) is 5.65 Å². The molecule has 3 aromatic heterocycles. The van der Waals surface area contributed by atoms with Crippen LogP contribution in [-0.2, 0) is 0 Å². The van der Waals surface area contributed by atoms with Crippen molar-refractivity contribution in [3.63, 3.8) is 0 Å². The molecule has 0 spiro atoms. The molecular formula is C18H22N8O. The van der Waals surface area contributed by atoms with Crippen LogP contribution in [0.4, 0.5) is 11.6 Å². The Morgan fingerprint density at radius 1 is 1.26 bits per heavy atom. The molecule has 1 aliphatic rings. The maximum Gasteiger partial charge on any atom is 0.277 e. The summed E-state index contributed by atoms with van der Waals surface area (Å²) in [4.78, 5) is 32.1. The van der Waals surface area contributed by atoms with Gasteiger partial charge >= 0.3 is 0 Å². The number of anilines is 2. The fraction of sp³-hybridized carbons (Fsp3) is 0.389. The number of rotatable bonds is 4. The summed E-state index contributed by atoms with van der Waals surface area (Å²) in [5.41, 5.74) is 8.38. The normalized spacial score (nSPS) is 16.9. The van der Waals surface area contributed by atoms with Gasteiger partial charge in [-0.2, -0.15) is 0 Å². The Hall–Kier alpha value is -3.07. The molecule has 9 nitrogen and oxygen atoms in total. The molecular weight excluding hydrogens is 344 g/mol. The Kier molecular flexibility index (Phi) is 4.44. The molecule has 0 saturated carbocycles. The summed E-state index contributed by atoms with van der Waals surface area (Å²) < 4.78 is 1.85. The first kappa shape index (κ1) is 17.3. The smallest absolute Gasteiger partial charge is 0.277 e. The number of nitrogens with two attached hydrogens (primary N) is 1. The zero-order valence-corrected chi connectivity index (χ0v) is 15.4. The molecule has 1 fully saturated rings. The van der Waals surface area contributed by atoms with E-state index in [1.807, 2.05) is 24.4 Å². The third-order valence-corrected chi connectivity index (χ3v) is 4.78. The van der Waals surface area contributed by atoms with Gasteiger partial charge in [-0.1, -0.05) is 0 Å². The standard InChI is InChI=1S/C18H22N8O/c1-11-8-26-10-15(23-12(2)17(26)22-11)24-18(27)14-6-21-16(7-20-14)25-4-3-13(5-19)9-25/h6-8,10,13H,3-5,9,19H2,1-2H3,(H,24,27)/t13-/m0/s1. The fourth-order valence-corrected chi connectivity index (χ4v) is 3.35. The predicted molar refractivity (Wildman–Crippen MR) is 102 cm³/mol. The minimum absolute atomic E-state index is 0.245. The maximum atomic E-state index is 12.5. The lowest BCUT2D eigenvalue weighted by molar-refractivity contribution is 0.102. The second kappa shape index (κ2) is 6.92. The number of aryl methyl sites for hydroxylation is 2. The largest absolute Gasteiger partial charge is 0.355 e. The number of imidazole rings is 1. The van der Waals surface area contributed by atoms with Gasteiger partial charge in [-0.15, -0.1) is 0 Å². The van der Waals surface area contributed by atoms with E-state index in [1.165, 1.54) is 6.20 Å². The molecule has 140 valence electrons. The second-order valence-corrected chi connectivity index (χ2v) is 6.88. The van der Waals surface area contributed by atoms with E-state index in [2.05, 4.69) is 30.2 Å². The van der Waals surface area contributed by atoms with Crippen LogP contribution >= 0.6 is 0 Å². The number of nitrogens with one attached hydrogen (secondary N) is 1. The van der Waals surface area contributed by atoms with Crippen LogP contribution in [0.3, 0.4) is 0 Å². The first-order valence-electron chi connectivity index (χ1n) is 8.95. The zero-order valence-electron chi connectivity index (χ0n) is 15.4. The van der Waals surface area contributed by atoms with Gasteiger partial charge in [0, 0.05) is 19.3 Å². The highest BCUT2D eigenvalue weighted by atomic mass is 16.1. The predicted octanol–water partition coefficient (Wildman–Crippen LogP) is 1.17. The summed E-state index contributed by atoms with van der Waals surface area (Å²) in [7, 11) is 0. The average molecular weight is 366 g/mol. The average Bonchev–Trinajstić information content (AvgIpc) is 3.28. The monoisotopic (exact) mass is 366 g/mol. The number of hydrogen-bond donors (Lipinski definition) is 2. The van der Waals surface area contributed by atoms with Gasteiger partial charge in [0.25, 0.3) is 5.91 Å². The number of carbonyl (C=O) groups is 1. The van der Waals surface area contributed by atoms with Gasteiger partial charge in [0.2, 0.25) is 0 Å². The highest BCUT2D eigenvalue weighted by Crippen LogP contribution is 2.20. The Labute approximate surface area is 156 Å². The summed E-state index contributed by atoms with van der Waals surface area (Å²) in [5.74, 6) is 1.36. The van der Waals surface area contributed by atoms with Gasteiger partial charge in [0.15, 0.2) is 5.65 Å². The van der Waals surface area contributed by atoms with Crippen molar-refractivity contribution in [1.29, 1.82) is 0 Å². The molecule has 9 heteroatoms. The van der Waals surface area contributed by atoms with Gasteiger partial charge in [0.1, 0.15) is 17.3 Å². The number of hydrogen-bond acceptors (Lipinski definition) is 7. The molecule has 4 heterocycles. The highest BCUT2D eigenvalue weighted by molar-refractivity contribution is 6.02. The summed E-state index contributed by atoms with van der Waals surface area (Å²) >= 11 is 0. The molecule has 0 bridgehead atoms. The Morgan fingerprint density at radius 3 is 2.81 bits per heavy atom. The quantitative estimate of drug-likeness (QED) is 0.712. The van der Waals surface area contributed by atoms with Crippen LogP contribution in [0.15, 0.2) is 24.8 Å². The number of fused-ring (bicyclic) bond motifs is 1. The zero-order chi connectivity index (χ0) is 19.0. The first-order valence-corrected chi connectivity index (χ1v) is 8.95. The molecule has 0 radical (unpaired) electrons. The van der Waals surface area contributed by atoms with E-state index in [0.29, 0.717) is 18.3 Å². The molecule has 0 aromatic carbocycles. The van der Waals surface area contributed by atoms with Crippen LogP contribution in [0.1, 0.15) is 28.3 Å². The number of carbonyl (C=O) groups excluding carboxylic acids is 1. The lowest BCUT2D eigenvalue weighted by Gasteiger charge is -2.16. The Morgan fingerprint density at radius 2 is 2.11 bits per heavy atom. The van der Waals surface area contributed by atoms with Crippen LogP contribution < -0.4 is 16.0 Å². The van der Waals surface area contributed by atoms with Gasteiger partial charge in [-0.3, -0.25) is 4.79 Å². The highest BCUT2D eigenvalue weighted by Gasteiger charge is 2.22. The van der Waals surface area contributed by atoms with Crippen molar-refractivity contribution in [1.82, 2.24) is 24.3 Å². The first-order chi connectivity index (χ1) is 13.0. The third kappa shape index (κ3) is 3.45. The van der Waals surface area contributed by atoms with Crippen molar-refractivity contribution < 1.29 is 4.79 Å². The van der Waals surface area contributed by atoms with E-state index in [-0.39, 0.29) is 11.6 Å². The second-order valence-electron chi connectivity index (χ2n) is 6.88. The van der Waals surface area contributed by atoms with E-state index in [9.17, 15) is 4.79 Å². The van der Waals surface area contributed by atoms with Crippen molar-refractivity contribution >= 4 is 23.2 Å². The molecule has 0 unspecified atom stereocenters. The Bertz CT molecular complexity index is 981. The minimum Gasteiger partial charge on any atom is -0.355 e. The van der Waals surface area contributed by atoms with Gasteiger partial charge in [-0.25, -0.2) is 19.9 Å². The fourth-order valence-electron chi connectivity index (χ4n) is 3.35. The molecule has 1 saturated heterocycles. The number of aromatic nitrogens is 5. The topological polar surface area (TPSA) is 114 Å². The van der Waals surface area contributed by atoms with Gasteiger partial charge in [0.05, 0.1) is 30.0 Å².